The summed E-state index contributed by atoms with van der Waals surface area (Å²) in [4.78, 5) is 9.29. The Bertz CT molecular complexity index is 1550. The number of benzene rings is 1. The predicted octanol–water partition coefficient (Wildman–Crippen LogP) is 3.54. The highest BCUT2D eigenvalue weighted by Crippen LogP contribution is 2.31. The molecule has 0 amide bonds. The van der Waals surface area contributed by atoms with Crippen LogP contribution in [0.4, 0.5) is 14.2 Å². The zero-order chi connectivity index (χ0) is 27.4. The van der Waals surface area contributed by atoms with Gasteiger partial charge in [0.05, 0.1) is 35.0 Å². The second-order valence-corrected chi connectivity index (χ2v) is 10.1. The molecule has 0 bridgehead atoms. The van der Waals surface area contributed by atoms with Crippen molar-refractivity contribution in [2.24, 2.45) is 7.05 Å². The van der Waals surface area contributed by atoms with Crippen LogP contribution in [-0.4, -0.2) is 51.5 Å². The highest BCUT2D eigenvalue weighted by Gasteiger charge is 2.21. The molecule has 0 saturated carbocycles. The minimum Gasteiger partial charge on any atom is -0.493 e. The lowest BCUT2D eigenvalue weighted by molar-refractivity contribution is 0.356. The Morgan fingerprint density at radius 2 is 2.00 bits per heavy atom. The van der Waals surface area contributed by atoms with Crippen LogP contribution in [0.25, 0.3) is 16.9 Å². The van der Waals surface area contributed by atoms with Gasteiger partial charge in [-0.15, -0.1) is 3.89 Å². The van der Waals surface area contributed by atoms with Crippen molar-refractivity contribution in [3.63, 3.8) is 0 Å². The number of hydrogen-bond donors (Lipinski definition) is 2. The Kier molecular flexibility index (Phi) is 8.26. The van der Waals surface area contributed by atoms with Crippen LogP contribution in [0.5, 0.6) is 5.75 Å². The number of aromatic nitrogens is 5. The van der Waals surface area contributed by atoms with Gasteiger partial charge in [-0.25, -0.2) is 14.4 Å². The molecule has 0 atom stereocenters. The summed E-state index contributed by atoms with van der Waals surface area (Å²) in [6.07, 6.45) is 4.08. The molecule has 0 fully saturated rings. The fourth-order valence-electron chi connectivity index (χ4n) is 4.37. The largest absolute Gasteiger partial charge is 0.493 e. The predicted molar refractivity (Wildman–Crippen MR) is 141 cm³/mol. The van der Waals surface area contributed by atoms with E-state index in [2.05, 4.69) is 20.7 Å². The zero-order valence-electron chi connectivity index (χ0n) is 21.8. The van der Waals surface area contributed by atoms with Crippen LogP contribution >= 0.6 is 0 Å². The summed E-state index contributed by atoms with van der Waals surface area (Å²) in [5.41, 5.74) is 4.95. The highest BCUT2D eigenvalue weighted by atomic mass is 32.3. The van der Waals surface area contributed by atoms with Crippen molar-refractivity contribution in [3.05, 3.63) is 58.9 Å². The van der Waals surface area contributed by atoms with E-state index < -0.39 is 16.0 Å². The molecule has 38 heavy (non-hydrogen) atoms. The van der Waals surface area contributed by atoms with Crippen LogP contribution in [0.1, 0.15) is 36.4 Å². The van der Waals surface area contributed by atoms with Crippen molar-refractivity contribution < 1.29 is 21.4 Å². The number of aryl methyl sites for hydroxylation is 2. The smallest absolute Gasteiger partial charge is 0.303 e. The fraction of sp³-hybridized carbons (Fsp3) is 0.400. The molecule has 0 radical (unpaired) electrons. The van der Waals surface area contributed by atoms with E-state index >= 15 is 0 Å². The number of ether oxygens (including phenoxy) is 1. The Morgan fingerprint density at radius 1 is 1.21 bits per heavy atom. The van der Waals surface area contributed by atoms with Gasteiger partial charge in [0.1, 0.15) is 11.6 Å². The van der Waals surface area contributed by atoms with Crippen LogP contribution in [-0.2, 0) is 36.8 Å². The second-order valence-electron chi connectivity index (χ2n) is 8.59. The monoisotopic (exact) mass is 547 g/mol. The van der Waals surface area contributed by atoms with E-state index in [1.54, 1.807) is 27.5 Å². The molecule has 2 N–H and O–H groups in total. The molecule has 1 aromatic carbocycles. The average Bonchev–Trinajstić information content (AvgIpc) is 3.60. The van der Waals surface area contributed by atoms with Gasteiger partial charge < -0.3 is 15.4 Å². The number of anilines is 1. The fourth-order valence-corrected chi connectivity index (χ4v) is 4.76. The molecule has 1 aliphatic rings. The first-order chi connectivity index (χ1) is 18.2. The molecule has 10 nitrogen and oxygen atoms in total. The lowest BCUT2D eigenvalue weighted by Crippen LogP contribution is -2.20. The van der Waals surface area contributed by atoms with E-state index in [9.17, 15) is 16.7 Å². The maximum Gasteiger partial charge on any atom is 0.303 e. The van der Waals surface area contributed by atoms with Crippen molar-refractivity contribution in [2.45, 2.75) is 40.3 Å². The van der Waals surface area contributed by atoms with Crippen LogP contribution in [0.3, 0.4) is 0 Å². The van der Waals surface area contributed by atoms with Gasteiger partial charge in [0.2, 0.25) is 5.95 Å². The third-order valence-electron chi connectivity index (χ3n) is 6.01. The second kappa shape index (κ2) is 11.4. The molecule has 4 aromatic rings. The zero-order valence-corrected chi connectivity index (χ0v) is 22.6. The molecule has 3 aromatic heterocycles. The van der Waals surface area contributed by atoms with Crippen molar-refractivity contribution in [1.29, 1.82) is 0 Å². The molecule has 4 heterocycles. The Morgan fingerprint density at radius 3 is 2.71 bits per heavy atom. The topological polar surface area (TPSA) is 115 Å². The lowest BCUT2D eigenvalue weighted by Gasteiger charge is -2.13. The molecule has 5 rings (SSSR count). The Labute approximate surface area is 220 Å². The van der Waals surface area contributed by atoms with Gasteiger partial charge in [0.15, 0.2) is 5.65 Å². The van der Waals surface area contributed by atoms with Crippen molar-refractivity contribution in [1.82, 2.24) is 29.5 Å². The number of rotatable bonds is 9. The molecule has 0 unspecified atom stereocenters. The van der Waals surface area contributed by atoms with Crippen LogP contribution < -0.4 is 15.4 Å². The van der Waals surface area contributed by atoms with E-state index in [-0.39, 0.29) is 25.5 Å². The lowest BCUT2D eigenvalue weighted by atomic mass is 10.0. The van der Waals surface area contributed by atoms with E-state index in [0.717, 1.165) is 22.5 Å². The van der Waals surface area contributed by atoms with Gasteiger partial charge >= 0.3 is 10.2 Å². The summed E-state index contributed by atoms with van der Waals surface area (Å²) in [6, 6.07) is 4.97. The first-order valence-electron chi connectivity index (χ1n) is 12.4. The van der Waals surface area contributed by atoms with Gasteiger partial charge in [0.25, 0.3) is 0 Å². The summed E-state index contributed by atoms with van der Waals surface area (Å²) in [5.74, 6) is 0.210. The van der Waals surface area contributed by atoms with E-state index in [4.69, 9.17) is 9.72 Å². The summed E-state index contributed by atoms with van der Waals surface area (Å²) >= 11 is 0. The Balaban J connectivity index is 0.00000164. The maximum absolute atomic E-state index is 14.6. The minimum atomic E-state index is -4.55. The number of hydrogen-bond acceptors (Lipinski definition) is 8. The van der Waals surface area contributed by atoms with Gasteiger partial charge in [-0.3, -0.25) is 9.08 Å². The molecular weight excluding hydrogens is 516 g/mol. The van der Waals surface area contributed by atoms with Gasteiger partial charge in [-0.1, -0.05) is 13.8 Å². The third kappa shape index (κ3) is 5.94. The molecule has 204 valence electrons. The highest BCUT2D eigenvalue weighted by molar-refractivity contribution is 7.86. The average molecular weight is 548 g/mol. The Hall–Kier alpha value is -3.58. The van der Waals surface area contributed by atoms with Gasteiger partial charge in [-0.2, -0.15) is 13.5 Å². The summed E-state index contributed by atoms with van der Waals surface area (Å²) < 4.78 is 58.0. The summed E-state index contributed by atoms with van der Waals surface area (Å²) in [7, 11) is -2.73. The number of nitrogens with zero attached hydrogens (tertiary/aromatic N) is 5. The molecule has 13 heteroatoms. The summed E-state index contributed by atoms with van der Waals surface area (Å²) in [6.45, 7) is 6.78. The van der Waals surface area contributed by atoms with E-state index in [1.807, 2.05) is 33.9 Å². The number of nitrogens with one attached hydrogen (secondary N) is 2. The number of imidazole rings is 1. The van der Waals surface area contributed by atoms with Crippen LogP contribution in [0.15, 0.2) is 30.6 Å². The first-order valence-corrected chi connectivity index (χ1v) is 13.9. The number of fused-ring (bicyclic) bond motifs is 2. The van der Waals surface area contributed by atoms with Crippen LogP contribution in [0.2, 0.25) is 0 Å². The van der Waals surface area contributed by atoms with Crippen LogP contribution in [0, 0.1) is 12.7 Å². The minimum absolute atomic E-state index is 0.0513. The SMILES string of the molecule is CC.Cc1cc(-c2cnc(NCc3c(F)ccc4c3CCO4)n3cc(CNCCS(=O)(=O)F)nc23)n(C)n1. The summed E-state index contributed by atoms with van der Waals surface area (Å²) in [5, 5.41) is 10.5. The number of halogens is 2. The van der Waals surface area contributed by atoms with Crippen molar-refractivity contribution >= 4 is 21.8 Å². The maximum atomic E-state index is 14.6. The molecule has 0 spiro atoms. The van der Waals surface area contributed by atoms with E-state index in [0.29, 0.717) is 41.6 Å². The van der Waals surface area contributed by atoms with Crippen molar-refractivity contribution in [3.8, 4) is 17.0 Å². The van der Waals surface area contributed by atoms with Crippen molar-refractivity contribution in [2.75, 3.05) is 24.2 Å². The standard InChI is InChI=1S/C23H25F2N7O3S.C2H6/c1-14-9-20(31(2)30-14)18-12-28-23(27-11-17-16-5-7-35-21(16)4-3-19(17)24)32-13-15(29-22(18)32)10-26-6-8-36(25,33)34;1-2/h3-4,9,12-13,26H,5-8,10-11H2,1-2H3,(H,27,28);1-2H3. The normalized spacial score (nSPS) is 12.7. The van der Waals surface area contributed by atoms with Gasteiger partial charge in [-0.05, 0) is 25.1 Å². The van der Waals surface area contributed by atoms with E-state index in [1.165, 1.54) is 6.07 Å². The molecule has 1 aliphatic heterocycles. The first kappa shape index (κ1) is 27.5. The molecular formula is C25H31F2N7O3S. The van der Waals surface area contributed by atoms with Gasteiger partial charge in [0, 0.05) is 56.6 Å². The molecule has 0 aliphatic carbocycles. The molecule has 0 saturated heterocycles. The quantitative estimate of drug-likeness (QED) is 0.242. The third-order valence-corrected chi connectivity index (χ3v) is 6.70.